The Labute approximate surface area is 138 Å². The Morgan fingerprint density at radius 1 is 1.17 bits per heavy atom. The Morgan fingerprint density at radius 3 is 2.61 bits per heavy atom. The van der Waals surface area contributed by atoms with Gasteiger partial charge in [-0.15, -0.1) is 0 Å². The van der Waals surface area contributed by atoms with E-state index in [1.165, 1.54) is 0 Å². The van der Waals surface area contributed by atoms with E-state index < -0.39 is 0 Å². The molecule has 5 heteroatoms. The lowest BCUT2D eigenvalue weighted by molar-refractivity contribution is 0.153. The number of urea groups is 1. The van der Waals surface area contributed by atoms with Gasteiger partial charge in [0.25, 0.3) is 0 Å². The van der Waals surface area contributed by atoms with Crippen molar-refractivity contribution in [2.45, 2.75) is 44.1 Å². The topological polar surface area (TPSA) is 81.6 Å². The summed E-state index contributed by atoms with van der Waals surface area (Å²) >= 11 is 0. The molecule has 0 aromatic heterocycles. The molecule has 128 valence electrons. The van der Waals surface area contributed by atoms with Gasteiger partial charge < -0.3 is 20.8 Å². The summed E-state index contributed by atoms with van der Waals surface area (Å²) < 4.78 is 0. The number of aliphatic hydroxyl groups is 2. The molecule has 0 spiro atoms. The predicted octanol–water partition coefficient (Wildman–Crippen LogP) is 2.00. The van der Waals surface area contributed by atoms with Gasteiger partial charge in [0.05, 0.1) is 0 Å². The van der Waals surface area contributed by atoms with Gasteiger partial charge in [-0.2, -0.15) is 0 Å². The molecule has 0 bridgehead atoms. The summed E-state index contributed by atoms with van der Waals surface area (Å²) in [6, 6.07) is 9.79. The Morgan fingerprint density at radius 2 is 1.91 bits per heavy atom. The monoisotopic (exact) mass is 320 g/mol. The number of benzene rings is 1. The standard InChI is InChI=1S/C18H28N2O3/c21-11-10-15(14-6-2-1-3-7-14)12-19-18(23)20-17-9-5-4-8-16(17)13-22/h1-3,6-7,15-17,21-22H,4-5,8-13H2,(H2,19,20,23). The molecule has 23 heavy (non-hydrogen) atoms. The maximum atomic E-state index is 12.1. The van der Waals surface area contributed by atoms with Gasteiger partial charge >= 0.3 is 6.03 Å². The van der Waals surface area contributed by atoms with E-state index in [1.807, 2.05) is 30.3 Å². The zero-order chi connectivity index (χ0) is 16.5. The minimum Gasteiger partial charge on any atom is -0.396 e. The molecule has 0 aliphatic heterocycles. The number of aliphatic hydroxyl groups excluding tert-OH is 2. The van der Waals surface area contributed by atoms with Gasteiger partial charge in [-0.3, -0.25) is 0 Å². The summed E-state index contributed by atoms with van der Waals surface area (Å²) in [6.07, 6.45) is 4.74. The first-order chi connectivity index (χ1) is 11.2. The van der Waals surface area contributed by atoms with Crippen molar-refractivity contribution in [2.24, 2.45) is 5.92 Å². The number of carbonyl (C=O) groups is 1. The van der Waals surface area contributed by atoms with Crippen LogP contribution in [0.4, 0.5) is 4.79 Å². The van der Waals surface area contributed by atoms with Crippen molar-refractivity contribution in [3.05, 3.63) is 35.9 Å². The lowest BCUT2D eigenvalue weighted by Crippen LogP contribution is -2.48. The zero-order valence-corrected chi connectivity index (χ0v) is 13.6. The molecule has 1 aromatic carbocycles. The van der Waals surface area contributed by atoms with Crippen molar-refractivity contribution >= 4 is 6.03 Å². The SMILES string of the molecule is O=C(NCC(CCO)c1ccccc1)NC1CCCCC1CO. The van der Waals surface area contributed by atoms with Crippen LogP contribution < -0.4 is 10.6 Å². The predicted molar refractivity (Wildman–Crippen MR) is 90.3 cm³/mol. The maximum absolute atomic E-state index is 12.1. The van der Waals surface area contributed by atoms with E-state index >= 15 is 0 Å². The minimum absolute atomic E-state index is 0.0572. The fraction of sp³-hybridized carbons (Fsp3) is 0.611. The van der Waals surface area contributed by atoms with E-state index in [1.54, 1.807) is 0 Å². The van der Waals surface area contributed by atoms with E-state index in [0.29, 0.717) is 13.0 Å². The molecule has 1 fully saturated rings. The Balaban J connectivity index is 1.84. The van der Waals surface area contributed by atoms with Crippen molar-refractivity contribution in [3.63, 3.8) is 0 Å². The van der Waals surface area contributed by atoms with Crippen LogP contribution in [0.5, 0.6) is 0 Å². The summed E-state index contributed by atoms with van der Waals surface area (Å²) in [5, 5.41) is 24.6. The number of carbonyl (C=O) groups excluding carboxylic acids is 1. The minimum atomic E-state index is -0.186. The molecule has 1 aliphatic rings. The van der Waals surface area contributed by atoms with E-state index in [4.69, 9.17) is 0 Å². The smallest absolute Gasteiger partial charge is 0.315 e. The second-order valence-corrected chi connectivity index (χ2v) is 6.31. The van der Waals surface area contributed by atoms with Gasteiger partial charge in [0.15, 0.2) is 0 Å². The Hall–Kier alpha value is -1.59. The van der Waals surface area contributed by atoms with Crippen molar-refractivity contribution in [1.29, 1.82) is 0 Å². The molecular formula is C18H28N2O3. The van der Waals surface area contributed by atoms with Gasteiger partial charge in [0.1, 0.15) is 0 Å². The van der Waals surface area contributed by atoms with Crippen molar-refractivity contribution in [2.75, 3.05) is 19.8 Å². The van der Waals surface area contributed by atoms with Crippen LogP contribution in [0.1, 0.15) is 43.6 Å². The van der Waals surface area contributed by atoms with Gasteiger partial charge in [-0.25, -0.2) is 4.79 Å². The highest BCUT2D eigenvalue weighted by atomic mass is 16.3. The third-order valence-electron chi connectivity index (χ3n) is 4.72. The van der Waals surface area contributed by atoms with E-state index in [-0.39, 0.29) is 37.1 Å². The first-order valence-electron chi connectivity index (χ1n) is 8.55. The zero-order valence-electron chi connectivity index (χ0n) is 13.6. The molecule has 5 nitrogen and oxygen atoms in total. The van der Waals surface area contributed by atoms with Crippen LogP contribution >= 0.6 is 0 Å². The highest BCUT2D eigenvalue weighted by Gasteiger charge is 2.25. The third kappa shape index (κ3) is 5.52. The van der Waals surface area contributed by atoms with Crippen LogP contribution in [0.15, 0.2) is 30.3 Å². The largest absolute Gasteiger partial charge is 0.396 e. The second kappa shape index (κ2) is 9.53. The normalized spacial score (nSPS) is 22.3. The van der Waals surface area contributed by atoms with Crippen LogP contribution in [-0.4, -0.2) is 42.0 Å². The van der Waals surface area contributed by atoms with Gasteiger partial charge in [0, 0.05) is 37.6 Å². The molecular weight excluding hydrogens is 292 g/mol. The van der Waals surface area contributed by atoms with E-state index in [2.05, 4.69) is 10.6 Å². The molecule has 1 aromatic rings. The average Bonchev–Trinajstić information content (AvgIpc) is 2.60. The van der Waals surface area contributed by atoms with E-state index in [9.17, 15) is 15.0 Å². The number of hydrogen-bond donors (Lipinski definition) is 4. The highest BCUT2D eigenvalue weighted by molar-refractivity contribution is 5.74. The van der Waals surface area contributed by atoms with Gasteiger partial charge in [-0.05, 0) is 24.8 Å². The lowest BCUT2D eigenvalue weighted by atomic mass is 9.85. The van der Waals surface area contributed by atoms with Gasteiger partial charge in [-0.1, -0.05) is 43.2 Å². The summed E-state index contributed by atoms with van der Waals surface area (Å²) in [7, 11) is 0. The molecule has 0 heterocycles. The first kappa shape index (κ1) is 17.8. The van der Waals surface area contributed by atoms with Crippen molar-refractivity contribution in [3.8, 4) is 0 Å². The quantitative estimate of drug-likeness (QED) is 0.620. The lowest BCUT2D eigenvalue weighted by Gasteiger charge is -2.31. The average molecular weight is 320 g/mol. The number of rotatable bonds is 7. The molecule has 3 unspecified atom stereocenters. The number of amides is 2. The summed E-state index contributed by atoms with van der Waals surface area (Å²) in [5.74, 6) is 0.267. The third-order valence-corrected chi connectivity index (χ3v) is 4.72. The van der Waals surface area contributed by atoms with Crippen molar-refractivity contribution in [1.82, 2.24) is 10.6 Å². The molecule has 4 N–H and O–H groups in total. The highest BCUT2D eigenvalue weighted by Crippen LogP contribution is 2.24. The van der Waals surface area contributed by atoms with Crippen LogP contribution in [0.2, 0.25) is 0 Å². The molecule has 1 aliphatic carbocycles. The van der Waals surface area contributed by atoms with Crippen LogP contribution in [0, 0.1) is 5.92 Å². The molecule has 0 radical (unpaired) electrons. The fourth-order valence-electron chi connectivity index (χ4n) is 3.32. The fourth-order valence-corrected chi connectivity index (χ4v) is 3.32. The van der Waals surface area contributed by atoms with Gasteiger partial charge in [0.2, 0.25) is 0 Å². The summed E-state index contributed by atoms with van der Waals surface area (Å²) in [6.45, 7) is 0.715. The molecule has 1 saturated carbocycles. The summed E-state index contributed by atoms with van der Waals surface area (Å²) in [4.78, 5) is 12.1. The Bertz CT molecular complexity index is 467. The summed E-state index contributed by atoms with van der Waals surface area (Å²) in [5.41, 5.74) is 1.12. The first-order valence-corrected chi connectivity index (χ1v) is 8.55. The van der Waals surface area contributed by atoms with Crippen LogP contribution in [0.3, 0.4) is 0 Å². The Kier molecular flexibility index (Phi) is 7.36. The van der Waals surface area contributed by atoms with E-state index in [0.717, 1.165) is 31.2 Å². The molecule has 0 saturated heterocycles. The second-order valence-electron chi connectivity index (χ2n) is 6.31. The molecule has 3 atom stereocenters. The molecule has 2 rings (SSSR count). The van der Waals surface area contributed by atoms with Crippen LogP contribution in [0.25, 0.3) is 0 Å². The maximum Gasteiger partial charge on any atom is 0.315 e. The van der Waals surface area contributed by atoms with Crippen LogP contribution in [-0.2, 0) is 0 Å². The molecule has 2 amide bonds. The number of nitrogens with one attached hydrogen (secondary N) is 2. The number of hydrogen-bond acceptors (Lipinski definition) is 3. The van der Waals surface area contributed by atoms with Crippen molar-refractivity contribution < 1.29 is 15.0 Å².